The van der Waals surface area contributed by atoms with E-state index in [4.69, 9.17) is 11.6 Å². The van der Waals surface area contributed by atoms with Gasteiger partial charge < -0.3 is 0 Å². The molecule has 0 N–H and O–H groups in total. The van der Waals surface area contributed by atoms with Gasteiger partial charge in [0.2, 0.25) is 0 Å². The summed E-state index contributed by atoms with van der Waals surface area (Å²) in [5, 5.41) is 0.681. The first-order valence-corrected chi connectivity index (χ1v) is 7.61. The van der Waals surface area contributed by atoms with Gasteiger partial charge in [0, 0.05) is 15.6 Å². The first kappa shape index (κ1) is 13.3. The van der Waals surface area contributed by atoms with Crippen molar-refractivity contribution < 1.29 is 4.79 Å². The molecule has 0 spiro atoms. The molecule has 0 heterocycles. The summed E-state index contributed by atoms with van der Waals surface area (Å²) in [4.78, 5) is 12.1. The molecule has 17 heavy (non-hydrogen) atoms. The third kappa shape index (κ3) is 3.68. The second-order valence-electron chi connectivity index (χ2n) is 4.76. The molecule has 0 aromatic heterocycles. The van der Waals surface area contributed by atoms with Crippen molar-refractivity contribution in [2.45, 2.75) is 38.5 Å². The second-order valence-corrected chi connectivity index (χ2v) is 6.33. The number of carbonyl (C=O) groups excluding carboxylic acids is 1. The average Bonchev–Trinajstić information content (AvgIpc) is 2.34. The molecule has 0 amide bonds. The number of halogens is 2. The first-order chi connectivity index (χ1) is 8.16. The lowest BCUT2D eigenvalue weighted by atomic mass is 9.85. The third-order valence-corrected chi connectivity index (χ3v) is 5.01. The zero-order valence-corrected chi connectivity index (χ0v) is 12.6. The number of hydrogen-bond donors (Lipinski definition) is 0. The highest BCUT2D eigenvalue weighted by Crippen LogP contribution is 2.28. The lowest BCUT2D eigenvalue weighted by molar-refractivity contribution is 0.0950. The van der Waals surface area contributed by atoms with Crippen LogP contribution in [0.2, 0.25) is 5.02 Å². The van der Waals surface area contributed by atoms with Gasteiger partial charge in [0.05, 0.1) is 5.02 Å². The predicted molar refractivity (Wildman–Crippen MR) is 79.7 cm³/mol. The van der Waals surface area contributed by atoms with Crippen molar-refractivity contribution in [3.8, 4) is 0 Å². The number of rotatable bonds is 3. The first-order valence-electron chi connectivity index (χ1n) is 6.15. The van der Waals surface area contributed by atoms with E-state index in [-0.39, 0.29) is 5.78 Å². The van der Waals surface area contributed by atoms with Crippen LogP contribution in [-0.2, 0) is 0 Å². The summed E-state index contributed by atoms with van der Waals surface area (Å²) in [7, 11) is 0. The number of carbonyl (C=O) groups is 1. The van der Waals surface area contributed by atoms with Crippen LogP contribution in [0.4, 0.5) is 0 Å². The van der Waals surface area contributed by atoms with Crippen LogP contribution >= 0.6 is 34.2 Å². The maximum absolute atomic E-state index is 12.1. The molecular formula is C14H16ClIO. The molecule has 1 nitrogen and oxygen atoms in total. The van der Waals surface area contributed by atoms with Gasteiger partial charge in [0.15, 0.2) is 5.78 Å². The van der Waals surface area contributed by atoms with E-state index in [9.17, 15) is 4.79 Å². The number of ketones is 1. The van der Waals surface area contributed by atoms with E-state index in [0.29, 0.717) is 17.4 Å². The lowest BCUT2D eigenvalue weighted by Gasteiger charge is -2.20. The van der Waals surface area contributed by atoms with Crippen LogP contribution in [-0.4, -0.2) is 5.78 Å². The molecule has 0 aliphatic heterocycles. The predicted octanol–water partition coefficient (Wildman–Crippen LogP) is 5.10. The van der Waals surface area contributed by atoms with Gasteiger partial charge in [-0.3, -0.25) is 4.79 Å². The minimum atomic E-state index is 0.246. The molecule has 92 valence electrons. The fourth-order valence-corrected chi connectivity index (χ4v) is 2.96. The molecule has 3 heteroatoms. The Morgan fingerprint density at radius 1 is 1.29 bits per heavy atom. The Hall–Kier alpha value is -0.0900. The van der Waals surface area contributed by atoms with Gasteiger partial charge >= 0.3 is 0 Å². The summed E-state index contributed by atoms with van der Waals surface area (Å²) in [5.41, 5.74) is 0.765. The van der Waals surface area contributed by atoms with E-state index in [1.54, 1.807) is 6.07 Å². The highest BCUT2D eigenvalue weighted by molar-refractivity contribution is 14.1. The molecule has 1 aromatic rings. The lowest BCUT2D eigenvalue weighted by Crippen LogP contribution is -2.12. The van der Waals surface area contributed by atoms with Crippen molar-refractivity contribution in [2.75, 3.05) is 0 Å². The number of benzene rings is 1. The molecule has 1 aliphatic rings. The maximum atomic E-state index is 12.1. The monoisotopic (exact) mass is 362 g/mol. The Bertz CT molecular complexity index is 411. The van der Waals surface area contributed by atoms with Crippen LogP contribution in [0.1, 0.15) is 48.9 Å². The quantitative estimate of drug-likeness (QED) is 0.540. The normalized spacial score (nSPS) is 17.1. The molecule has 0 saturated heterocycles. The molecule has 0 bridgehead atoms. The van der Waals surface area contributed by atoms with Gasteiger partial charge in [-0.1, -0.05) is 49.8 Å². The molecule has 2 rings (SSSR count). The second kappa shape index (κ2) is 6.19. The van der Waals surface area contributed by atoms with E-state index >= 15 is 0 Å². The van der Waals surface area contributed by atoms with E-state index in [1.165, 1.54) is 32.1 Å². The molecule has 1 aromatic carbocycles. The fourth-order valence-electron chi connectivity index (χ4n) is 2.44. The summed E-state index contributed by atoms with van der Waals surface area (Å²) in [6.45, 7) is 0. The molecule has 1 aliphatic carbocycles. The Labute approximate surface area is 121 Å². The zero-order chi connectivity index (χ0) is 12.3. The van der Waals surface area contributed by atoms with E-state index < -0.39 is 0 Å². The Kier molecular flexibility index (Phi) is 4.86. The van der Waals surface area contributed by atoms with Crippen molar-refractivity contribution in [2.24, 2.45) is 5.92 Å². The van der Waals surface area contributed by atoms with Crippen molar-refractivity contribution in [3.05, 3.63) is 32.4 Å². The van der Waals surface area contributed by atoms with Crippen molar-refractivity contribution >= 4 is 40.0 Å². The van der Waals surface area contributed by atoms with E-state index in [0.717, 1.165) is 9.13 Å². The topological polar surface area (TPSA) is 17.1 Å². The summed E-state index contributed by atoms with van der Waals surface area (Å²) >= 11 is 8.22. The van der Waals surface area contributed by atoms with E-state index in [2.05, 4.69) is 22.6 Å². The molecule has 0 radical (unpaired) electrons. The number of Topliss-reactive ketones (excluding diaryl/α,β-unsaturated/α-hetero) is 1. The molecule has 0 atom stereocenters. The van der Waals surface area contributed by atoms with Gasteiger partial charge in [0.1, 0.15) is 0 Å². The van der Waals surface area contributed by atoms with Crippen molar-refractivity contribution in [3.63, 3.8) is 0 Å². The van der Waals surface area contributed by atoms with Crippen LogP contribution in [0, 0.1) is 9.49 Å². The summed E-state index contributed by atoms with van der Waals surface area (Å²) in [6, 6.07) is 5.60. The minimum Gasteiger partial charge on any atom is -0.294 e. The Morgan fingerprint density at radius 2 is 2.00 bits per heavy atom. The van der Waals surface area contributed by atoms with Crippen LogP contribution < -0.4 is 0 Å². The smallest absolute Gasteiger partial charge is 0.163 e. The van der Waals surface area contributed by atoms with Crippen LogP contribution in [0.3, 0.4) is 0 Å². The van der Waals surface area contributed by atoms with Gasteiger partial charge in [-0.05, 0) is 40.6 Å². The van der Waals surface area contributed by atoms with Gasteiger partial charge in [-0.25, -0.2) is 0 Å². The highest BCUT2D eigenvalue weighted by Gasteiger charge is 2.18. The molecular weight excluding hydrogens is 347 g/mol. The third-order valence-electron chi connectivity index (χ3n) is 3.44. The van der Waals surface area contributed by atoms with Gasteiger partial charge in [-0.2, -0.15) is 0 Å². The molecule has 0 unspecified atom stereocenters. The van der Waals surface area contributed by atoms with Crippen LogP contribution in [0.25, 0.3) is 0 Å². The van der Waals surface area contributed by atoms with E-state index in [1.807, 2.05) is 12.1 Å². The number of hydrogen-bond acceptors (Lipinski definition) is 1. The largest absolute Gasteiger partial charge is 0.294 e. The van der Waals surface area contributed by atoms with Gasteiger partial charge in [0.25, 0.3) is 0 Å². The SMILES string of the molecule is O=C(CC1CCCCC1)c1ccc(I)c(Cl)c1. The summed E-state index contributed by atoms with van der Waals surface area (Å²) in [6.07, 6.45) is 7.02. The zero-order valence-electron chi connectivity index (χ0n) is 9.72. The average molecular weight is 363 g/mol. The Balaban J connectivity index is 2.01. The highest BCUT2D eigenvalue weighted by atomic mass is 127. The summed E-state index contributed by atoms with van der Waals surface area (Å²) in [5.74, 6) is 0.838. The fraction of sp³-hybridized carbons (Fsp3) is 0.500. The van der Waals surface area contributed by atoms with Crippen LogP contribution in [0.15, 0.2) is 18.2 Å². The maximum Gasteiger partial charge on any atom is 0.163 e. The standard InChI is InChI=1S/C14H16ClIO/c15-12-9-11(6-7-13(12)16)14(17)8-10-4-2-1-3-5-10/h6-7,9-10H,1-5,8H2. The minimum absolute atomic E-state index is 0.246. The summed E-state index contributed by atoms with van der Waals surface area (Å²) < 4.78 is 0.999. The Morgan fingerprint density at radius 3 is 2.65 bits per heavy atom. The molecule has 1 saturated carbocycles. The van der Waals surface area contributed by atoms with Gasteiger partial charge in [-0.15, -0.1) is 0 Å². The van der Waals surface area contributed by atoms with Crippen LogP contribution in [0.5, 0.6) is 0 Å². The van der Waals surface area contributed by atoms with Crippen molar-refractivity contribution in [1.29, 1.82) is 0 Å². The molecule has 1 fully saturated rings. The van der Waals surface area contributed by atoms with Crippen molar-refractivity contribution in [1.82, 2.24) is 0 Å².